The van der Waals surface area contributed by atoms with Gasteiger partial charge in [-0.05, 0) is 48.4 Å². The molecule has 0 fully saturated rings. The summed E-state index contributed by atoms with van der Waals surface area (Å²) in [7, 11) is 1.66. The Kier molecular flexibility index (Phi) is 3.25. The Morgan fingerprint density at radius 2 is 1.88 bits per heavy atom. The van der Waals surface area contributed by atoms with Gasteiger partial charge in [0.25, 0.3) is 0 Å². The second kappa shape index (κ2) is 4.68. The van der Waals surface area contributed by atoms with Crippen molar-refractivity contribution in [3.05, 3.63) is 47.0 Å². The van der Waals surface area contributed by atoms with Gasteiger partial charge in [0.05, 0.1) is 7.11 Å². The molecule has 0 saturated heterocycles. The number of ether oxygens (including phenoxy) is 1. The summed E-state index contributed by atoms with van der Waals surface area (Å²) in [6.45, 7) is 2.00. The maximum absolute atomic E-state index is 5.98. The lowest BCUT2D eigenvalue weighted by atomic mass is 10.0. The number of aryl methyl sites for hydroxylation is 1. The first-order valence-corrected chi connectivity index (χ1v) is 5.69. The van der Waals surface area contributed by atoms with E-state index in [1.54, 1.807) is 13.2 Å². The minimum absolute atomic E-state index is 0.683. The minimum Gasteiger partial charge on any atom is -0.496 e. The molecular formula is C14H14ClNO. The molecule has 2 aromatic carbocycles. The number of halogens is 1. The van der Waals surface area contributed by atoms with Gasteiger partial charge in [0, 0.05) is 16.3 Å². The van der Waals surface area contributed by atoms with Crippen LogP contribution in [0.2, 0.25) is 5.02 Å². The van der Waals surface area contributed by atoms with E-state index in [4.69, 9.17) is 22.1 Å². The van der Waals surface area contributed by atoms with E-state index in [1.807, 2.05) is 37.3 Å². The summed E-state index contributed by atoms with van der Waals surface area (Å²) in [6.07, 6.45) is 0. The van der Waals surface area contributed by atoms with Crippen molar-refractivity contribution < 1.29 is 4.74 Å². The third-order valence-electron chi connectivity index (χ3n) is 2.72. The topological polar surface area (TPSA) is 35.2 Å². The van der Waals surface area contributed by atoms with Crippen molar-refractivity contribution in [2.24, 2.45) is 0 Å². The van der Waals surface area contributed by atoms with Crippen LogP contribution in [0.15, 0.2) is 36.4 Å². The minimum atomic E-state index is 0.683. The molecule has 0 aliphatic rings. The average Bonchev–Trinajstić information content (AvgIpc) is 2.32. The van der Waals surface area contributed by atoms with Crippen LogP contribution in [0, 0.1) is 6.92 Å². The van der Waals surface area contributed by atoms with Gasteiger partial charge in [0.15, 0.2) is 0 Å². The maximum atomic E-state index is 5.98. The summed E-state index contributed by atoms with van der Waals surface area (Å²) < 4.78 is 5.23. The number of rotatable bonds is 2. The van der Waals surface area contributed by atoms with Crippen LogP contribution in [0.4, 0.5) is 5.69 Å². The molecule has 17 heavy (non-hydrogen) atoms. The molecule has 0 bridgehead atoms. The van der Waals surface area contributed by atoms with E-state index in [0.717, 1.165) is 28.1 Å². The van der Waals surface area contributed by atoms with Crippen LogP contribution >= 0.6 is 11.6 Å². The number of nitrogens with two attached hydrogens (primary N) is 1. The van der Waals surface area contributed by atoms with Gasteiger partial charge >= 0.3 is 0 Å². The Labute approximate surface area is 106 Å². The van der Waals surface area contributed by atoms with Crippen molar-refractivity contribution in [1.29, 1.82) is 0 Å². The summed E-state index contributed by atoms with van der Waals surface area (Å²) >= 11 is 5.98. The Bertz CT molecular complexity index is 552. The molecule has 2 rings (SSSR count). The number of anilines is 1. The molecular weight excluding hydrogens is 234 g/mol. The predicted octanol–water partition coefficient (Wildman–Crippen LogP) is 3.91. The standard InChI is InChI=1S/C14H14ClNO/c1-9-7-10(3-6-14(9)17-2)12-8-11(15)4-5-13(12)16/h3-8H,16H2,1-2H3. The van der Waals surface area contributed by atoms with Gasteiger partial charge < -0.3 is 10.5 Å². The Morgan fingerprint density at radius 1 is 1.12 bits per heavy atom. The summed E-state index contributed by atoms with van der Waals surface area (Å²) in [5.74, 6) is 0.870. The Balaban J connectivity index is 2.53. The lowest BCUT2D eigenvalue weighted by molar-refractivity contribution is 0.412. The molecule has 0 atom stereocenters. The molecule has 0 unspecified atom stereocenters. The lowest BCUT2D eigenvalue weighted by Gasteiger charge is -2.10. The Hall–Kier alpha value is -1.67. The van der Waals surface area contributed by atoms with Crippen LogP contribution in [-0.4, -0.2) is 7.11 Å². The molecule has 0 spiro atoms. The van der Waals surface area contributed by atoms with Gasteiger partial charge in [-0.1, -0.05) is 17.7 Å². The second-order valence-corrected chi connectivity index (χ2v) is 4.35. The maximum Gasteiger partial charge on any atom is 0.121 e. The number of benzene rings is 2. The van der Waals surface area contributed by atoms with Crippen LogP contribution in [0.3, 0.4) is 0 Å². The highest BCUT2D eigenvalue weighted by Gasteiger charge is 2.06. The zero-order chi connectivity index (χ0) is 12.4. The molecule has 0 amide bonds. The number of nitrogen functional groups attached to an aromatic ring is 1. The molecule has 2 N–H and O–H groups in total. The van der Waals surface area contributed by atoms with E-state index in [-0.39, 0.29) is 0 Å². The lowest BCUT2D eigenvalue weighted by Crippen LogP contribution is -1.92. The van der Waals surface area contributed by atoms with Crippen molar-refractivity contribution in [1.82, 2.24) is 0 Å². The highest BCUT2D eigenvalue weighted by Crippen LogP contribution is 2.31. The SMILES string of the molecule is COc1ccc(-c2cc(Cl)ccc2N)cc1C. The van der Waals surface area contributed by atoms with Crippen LogP contribution in [0.5, 0.6) is 5.75 Å². The molecule has 88 valence electrons. The highest BCUT2D eigenvalue weighted by atomic mass is 35.5. The van der Waals surface area contributed by atoms with E-state index < -0.39 is 0 Å². The summed E-state index contributed by atoms with van der Waals surface area (Å²) in [6, 6.07) is 11.4. The van der Waals surface area contributed by atoms with E-state index >= 15 is 0 Å². The third kappa shape index (κ3) is 2.37. The Morgan fingerprint density at radius 3 is 2.53 bits per heavy atom. The van der Waals surface area contributed by atoms with E-state index in [1.165, 1.54) is 0 Å². The fourth-order valence-electron chi connectivity index (χ4n) is 1.82. The van der Waals surface area contributed by atoms with Gasteiger partial charge in [-0.25, -0.2) is 0 Å². The van der Waals surface area contributed by atoms with Gasteiger partial charge in [-0.3, -0.25) is 0 Å². The first-order chi connectivity index (χ1) is 8.11. The van der Waals surface area contributed by atoms with Gasteiger partial charge in [-0.15, -0.1) is 0 Å². The quantitative estimate of drug-likeness (QED) is 0.817. The van der Waals surface area contributed by atoms with Gasteiger partial charge in [0.1, 0.15) is 5.75 Å². The van der Waals surface area contributed by atoms with Crippen LogP contribution in [0.1, 0.15) is 5.56 Å². The fraction of sp³-hybridized carbons (Fsp3) is 0.143. The zero-order valence-electron chi connectivity index (χ0n) is 9.83. The number of methoxy groups -OCH3 is 1. The number of hydrogen-bond acceptors (Lipinski definition) is 2. The molecule has 2 nitrogen and oxygen atoms in total. The van der Waals surface area contributed by atoms with Crippen LogP contribution in [-0.2, 0) is 0 Å². The van der Waals surface area contributed by atoms with Crippen molar-refractivity contribution in [3.63, 3.8) is 0 Å². The van der Waals surface area contributed by atoms with Crippen molar-refractivity contribution in [2.45, 2.75) is 6.92 Å². The predicted molar refractivity (Wildman–Crippen MR) is 72.6 cm³/mol. The van der Waals surface area contributed by atoms with Crippen LogP contribution in [0.25, 0.3) is 11.1 Å². The van der Waals surface area contributed by atoms with Crippen molar-refractivity contribution in [3.8, 4) is 16.9 Å². The van der Waals surface area contributed by atoms with Gasteiger partial charge in [-0.2, -0.15) is 0 Å². The third-order valence-corrected chi connectivity index (χ3v) is 2.96. The molecule has 0 aromatic heterocycles. The molecule has 0 radical (unpaired) electrons. The van der Waals surface area contributed by atoms with Crippen molar-refractivity contribution in [2.75, 3.05) is 12.8 Å². The molecule has 2 aromatic rings. The molecule has 0 aliphatic heterocycles. The second-order valence-electron chi connectivity index (χ2n) is 3.92. The fourth-order valence-corrected chi connectivity index (χ4v) is 2.00. The highest BCUT2D eigenvalue weighted by molar-refractivity contribution is 6.31. The zero-order valence-corrected chi connectivity index (χ0v) is 10.6. The molecule has 0 saturated carbocycles. The molecule has 3 heteroatoms. The van der Waals surface area contributed by atoms with Gasteiger partial charge in [0.2, 0.25) is 0 Å². The molecule has 0 aliphatic carbocycles. The normalized spacial score (nSPS) is 10.3. The smallest absolute Gasteiger partial charge is 0.121 e. The summed E-state index contributed by atoms with van der Waals surface area (Å²) in [4.78, 5) is 0. The number of hydrogen-bond donors (Lipinski definition) is 1. The average molecular weight is 248 g/mol. The summed E-state index contributed by atoms with van der Waals surface area (Å²) in [5, 5.41) is 0.683. The summed E-state index contributed by atoms with van der Waals surface area (Å²) in [5.41, 5.74) is 9.74. The largest absolute Gasteiger partial charge is 0.496 e. The van der Waals surface area contributed by atoms with Crippen molar-refractivity contribution >= 4 is 17.3 Å². The first-order valence-electron chi connectivity index (χ1n) is 5.32. The molecule has 0 heterocycles. The van der Waals surface area contributed by atoms with E-state index in [2.05, 4.69) is 0 Å². The van der Waals surface area contributed by atoms with E-state index in [0.29, 0.717) is 5.02 Å². The van der Waals surface area contributed by atoms with Crippen LogP contribution < -0.4 is 10.5 Å². The first kappa shape index (κ1) is 11.8. The van der Waals surface area contributed by atoms with E-state index in [9.17, 15) is 0 Å². The monoisotopic (exact) mass is 247 g/mol.